The number of hydrogen-bond acceptors (Lipinski definition) is 2. The van der Waals surface area contributed by atoms with Gasteiger partial charge in [-0.3, -0.25) is 4.99 Å². The van der Waals surface area contributed by atoms with Crippen LogP contribution in [0.15, 0.2) is 41.5 Å². The molecular formula is C18H28IN5. The Balaban J connectivity index is 0.00000288. The molecule has 5 nitrogen and oxygen atoms in total. The molecule has 0 unspecified atom stereocenters. The second-order valence-electron chi connectivity index (χ2n) is 5.52. The van der Waals surface area contributed by atoms with E-state index in [2.05, 4.69) is 44.7 Å². The average Bonchev–Trinajstić information content (AvgIpc) is 3.07. The zero-order valence-electron chi connectivity index (χ0n) is 14.5. The normalized spacial score (nSPS) is 11.0. The molecule has 0 saturated carbocycles. The van der Waals surface area contributed by atoms with Gasteiger partial charge in [0.25, 0.3) is 0 Å². The number of hydrogen-bond donors (Lipinski definition) is 3. The Morgan fingerprint density at radius 2 is 1.92 bits per heavy atom. The van der Waals surface area contributed by atoms with E-state index in [-0.39, 0.29) is 24.0 Å². The zero-order chi connectivity index (χ0) is 16.3. The third kappa shape index (κ3) is 6.90. The summed E-state index contributed by atoms with van der Waals surface area (Å²) in [5.74, 6) is 1.72. The number of benzene rings is 1. The van der Waals surface area contributed by atoms with Crippen LogP contribution in [-0.4, -0.2) is 29.5 Å². The molecular weight excluding hydrogens is 413 g/mol. The van der Waals surface area contributed by atoms with Crippen molar-refractivity contribution in [2.24, 2.45) is 4.99 Å². The Bertz CT molecular complexity index is 594. The highest BCUT2D eigenvalue weighted by Gasteiger charge is 2.04. The number of nitrogens with one attached hydrogen (secondary N) is 3. The number of aromatic amines is 1. The van der Waals surface area contributed by atoms with Crippen molar-refractivity contribution in [3.63, 3.8) is 0 Å². The molecule has 0 bridgehead atoms. The average molecular weight is 441 g/mol. The highest BCUT2D eigenvalue weighted by Crippen LogP contribution is 2.15. The van der Waals surface area contributed by atoms with Gasteiger partial charge in [-0.05, 0) is 12.0 Å². The molecule has 2 aromatic rings. The van der Waals surface area contributed by atoms with Crippen LogP contribution in [0.25, 0.3) is 11.3 Å². The van der Waals surface area contributed by atoms with Gasteiger partial charge in [0.15, 0.2) is 5.96 Å². The van der Waals surface area contributed by atoms with Gasteiger partial charge in [0.2, 0.25) is 0 Å². The molecule has 0 fully saturated rings. The van der Waals surface area contributed by atoms with E-state index in [9.17, 15) is 0 Å². The van der Waals surface area contributed by atoms with Crippen molar-refractivity contribution >= 4 is 29.9 Å². The maximum Gasteiger partial charge on any atom is 0.191 e. The third-order valence-corrected chi connectivity index (χ3v) is 3.68. The van der Waals surface area contributed by atoms with Crippen LogP contribution in [0.1, 0.15) is 38.4 Å². The molecule has 0 aliphatic heterocycles. The summed E-state index contributed by atoms with van der Waals surface area (Å²) in [6.07, 6.45) is 6.86. The molecule has 24 heavy (non-hydrogen) atoms. The van der Waals surface area contributed by atoms with Gasteiger partial charge in [0, 0.05) is 13.6 Å². The smallest absolute Gasteiger partial charge is 0.191 e. The van der Waals surface area contributed by atoms with Gasteiger partial charge in [-0.2, -0.15) is 0 Å². The summed E-state index contributed by atoms with van der Waals surface area (Å²) < 4.78 is 0. The molecule has 0 spiro atoms. The molecule has 3 N–H and O–H groups in total. The Kier molecular flexibility index (Phi) is 10.1. The quantitative estimate of drug-likeness (QED) is 0.252. The van der Waals surface area contributed by atoms with Crippen LogP contribution >= 0.6 is 24.0 Å². The number of rotatable bonds is 8. The third-order valence-electron chi connectivity index (χ3n) is 3.68. The molecule has 1 heterocycles. The number of aliphatic imine (C=N–C) groups is 1. The molecule has 2 rings (SSSR count). The minimum atomic E-state index is 0. The lowest BCUT2D eigenvalue weighted by molar-refractivity contribution is 0.646. The summed E-state index contributed by atoms with van der Waals surface area (Å²) in [5, 5.41) is 6.62. The van der Waals surface area contributed by atoms with Crippen LogP contribution in [0, 0.1) is 0 Å². The van der Waals surface area contributed by atoms with Crippen LogP contribution in [0.2, 0.25) is 0 Å². The second-order valence-corrected chi connectivity index (χ2v) is 5.52. The molecule has 0 aliphatic rings. The number of imidazole rings is 1. The van der Waals surface area contributed by atoms with Gasteiger partial charge in [-0.25, -0.2) is 4.98 Å². The SMILES string of the molecule is CCCCCCNC(=NC)NCc1ncc(-c2ccccc2)[nH]1.I. The minimum Gasteiger partial charge on any atom is -0.356 e. The van der Waals surface area contributed by atoms with Crippen molar-refractivity contribution in [3.05, 3.63) is 42.4 Å². The van der Waals surface area contributed by atoms with Gasteiger partial charge >= 0.3 is 0 Å². The Labute approximate surface area is 161 Å². The van der Waals surface area contributed by atoms with Gasteiger partial charge in [-0.1, -0.05) is 56.5 Å². The highest BCUT2D eigenvalue weighted by molar-refractivity contribution is 14.0. The lowest BCUT2D eigenvalue weighted by Crippen LogP contribution is -2.37. The summed E-state index contributed by atoms with van der Waals surface area (Å²) in [6, 6.07) is 10.2. The minimum absolute atomic E-state index is 0. The number of unbranched alkanes of at least 4 members (excludes halogenated alkanes) is 3. The lowest BCUT2D eigenvalue weighted by atomic mass is 10.2. The molecule has 1 aromatic heterocycles. The van der Waals surface area contributed by atoms with Gasteiger partial charge in [0.05, 0.1) is 18.4 Å². The van der Waals surface area contributed by atoms with E-state index < -0.39 is 0 Å². The van der Waals surface area contributed by atoms with Crippen LogP contribution in [0.3, 0.4) is 0 Å². The molecule has 0 aliphatic carbocycles. The molecule has 0 amide bonds. The summed E-state index contributed by atoms with van der Waals surface area (Å²) in [5.41, 5.74) is 2.18. The van der Waals surface area contributed by atoms with Crippen molar-refractivity contribution in [3.8, 4) is 11.3 Å². The van der Waals surface area contributed by atoms with Gasteiger partial charge in [-0.15, -0.1) is 24.0 Å². The summed E-state index contributed by atoms with van der Waals surface area (Å²) in [4.78, 5) is 12.0. The van der Waals surface area contributed by atoms with E-state index in [0.29, 0.717) is 6.54 Å². The second kappa shape index (κ2) is 11.9. The first-order valence-electron chi connectivity index (χ1n) is 8.37. The number of halogens is 1. The van der Waals surface area contributed by atoms with E-state index in [0.717, 1.165) is 29.6 Å². The highest BCUT2D eigenvalue weighted by atomic mass is 127. The number of guanidine groups is 1. The molecule has 132 valence electrons. The van der Waals surface area contributed by atoms with Crippen molar-refractivity contribution in [1.29, 1.82) is 0 Å². The summed E-state index contributed by atoms with van der Waals surface area (Å²) in [6.45, 7) is 3.80. The largest absolute Gasteiger partial charge is 0.356 e. The zero-order valence-corrected chi connectivity index (χ0v) is 16.8. The van der Waals surface area contributed by atoms with E-state index in [4.69, 9.17) is 0 Å². The molecule has 0 saturated heterocycles. The monoisotopic (exact) mass is 441 g/mol. The maximum absolute atomic E-state index is 4.42. The fourth-order valence-electron chi connectivity index (χ4n) is 2.36. The molecule has 6 heteroatoms. The van der Waals surface area contributed by atoms with E-state index >= 15 is 0 Å². The van der Waals surface area contributed by atoms with E-state index in [1.165, 1.54) is 25.7 Å². The number of nitrogens with zero attached hydrogens (tertiary/aromatic N) is 2. The number of H-pyrrole nitrogens is 1. The lowest BCUT2D eigenvalue weighted by Gasteiger charge is -2.10. The van der Waals surface area contributed by atoms with Crippen LogP contribution in [0.4, 0.5) is 0 Å². The first-order valence-corrected chi connectivity index (χ1v) is 8.37. The van der Waals surface area contributed by atoms with E-state index in [1.807, 2.05) is 24.4 Å². The Hall–Kier alpha value is -1.57. The van der Waals surface area contributed by atoms with Crippen molar-refractivity contribution in [1.82, 2.24) is 20.6 Å². The summed E-state index contributed by atoms with van der Waals surface area (Å²) in [7, 11) is 1.79. The fraction of sp³-hybridized carbons (Fsp3) is 0.444. The summed E-state index contributed by atoms with van der Waals surface area (Å²) >= 11 is 0. The first-order chi connectivity index (χ1) is 11.3. The molecule has 1 aromatic carbocycles. The van der Waals surface area contributed by atoms with Crippen LogP contribution in [-0.2, 0) is 6.54 Å². The van der Waals surface area contributed by atoms with Crippen LogP contribution < -0.4 is 10.6 Å². The fourth-order valence-corrected chi connectivity index (χ4v) is 2.36. The van der Waals surface area contributed by atoms with Crippen molar-refractivity contribution in [2.45, 2.75) is 39.2 Å². The van der Waals surface area contributed by atoms with Gasteiger partial charge in [0.1, 0.15) is 5.82 Å². The standard InChI is InChI=1S/C18H27N5.HI/c1-3-4-5-9-12-20-18(19-2)22-14-17-21-13-16(23-17)15-10-7-6-8-11-15;/h6-8,10-11,13H,3-5,9,12,14H2,1-2H3,(H,21,23)(H2,19,20,22);1H. The van der Waals surface area contributed by atoms with Gasteiger partial charge < -0.3 is 15.6 Å². The first kappa shape index (κ1) is 20.5. The predicted molar refractivity (Wildman–Crippen MR) is 112 cm³/mol. The maximum atomic E-state index is 4.42. The van der Waals surface area contributed by atoms with Crippen molar-refractivity contribution < 1.29 is 0 Å². The topological polar surface area (TPSA) is 65.1 Å². The molecule has 0 atom stereocenters. The predicted octanol–water partition coefficient (Wildman–Crippen LogP) is 3.94. The Morgan fingerprint density at radius 1 is 1.12 bits per heavy atom. The van der Waals surface area contributed by atoms with Crippen molar-refractivity contribution in [2.75, 3.05) is 13.6 Å². The number of aromatic nitrogens is 2. The van der Waals surface area contributed by atoms with E-state index in [1.54, 1.807) is 7.05 Å². The van der Waals surface area contributed by atoms with Crippen LogP contribution in [0.5, 0.6) is 0 Å². The molecule has 0 radical (unpaired) electrons. The Morgan fingerprint density at radius 3 is 2.62 bits per heavy atom.